The van der Waals surface area contributed by atoms with Gasteiger partial charge in [-0.1, -0.05) is 29.3 Å². The van der Waals surface area contributed by atoms with Crippen LogP contribution in [0, 0.1) is 12.8 Å². The summed E-state index contributed by atoms with van der Waals surface area (Å²) in [5.41, 5.74) is 3.74. The average molecular weight is 508 g/mol. The topological polar surface area (TPSA) is 92.4 Å². The van der Waals surface area contributed by atoms with Crippen LogP contribution in [0.15, 0.2) is 64.0 Å². The number of anilines is 1. The summed E-state index contributed by atoms with van der Waals surface area (Å²) in [6, 6.07) is 13.6. The lowest BCUT2D eigenvalue weighted by molar-refractivity contribution is -0.116. The normalized spacial score (nSPS) is 23.4. The number of aryl methyl sites for hydroxylation is 1. The van der Waals surface area contributed by atoms with E-state index in [-0.39, 0.29) is 24.0 Å². The number of benzene rings is 2. The fourth-order valence-corrected chi connectivity index (χ4v) is 6.81. The van der Waals surface area contributed by atoms with Gasteiger partial charge in [0.15, 0.2) is 5.82 Å². The number of fused-ring (bicyclic) bond motifs is 3. The van der Waals surface area contributed by atoms with Crippen LogP contribution in [0.4, 0.5) is 5.69 Å². The van der Waals surface area contributed by atoms with Crippen molar-refractivity contribution in [3.05, 3.63) is 81.2 Å². The van der Waals surface area contributed by atoms with E-state index >= 15 is 0 Å². The van der Waals surface area contributed by atoms with Crippen molar-refractivity contribution in [2.45, 2.75) is 45.0 Å². The number of nitrogens with zero attached hydrogens (tertiary/aromatic N) is 4. The number of halogens is 1. The number of phenols is 1. The van der Waals surface area contributed by atoms with E-state index in [0.29, 0.717) is 16.5 Å². The van der Waals surface area contributed by atoms with Crippen molar-refractivity contribution in [2.75, 3.05) is 5.32 Å². The first-order valence-electron chi connectivity index (χ1n) is 11.4. The number of hydrogen-bond acceptors (Lipinski definition) is 6. The molecule has 0 aliphatic carbocycles. The van der Waals surface area contributed by atoms with E-state index in [1.165, 1.54) is 22.6 Å². The van der Waals surface area contributed by atoms with Crippen LogP contribution in [0.1, 0.15) is 50.4 Å². The number of carbonyl (C=O) groups excluding carboxylic acids is 1. The van der Waals surface area contributed by atoms with Crippen molar-refractivity contribution in [1.82, 2.24) is 14.8 Å². The molecule has 2 unspecified atom stereocenters. The molecule has 7 nitrogen and oxygen atoms in total. The molecular formula is C26H26ClN5O2S. The smallest absolute Gasteiger partial charge is 0.227 e. The van der Waals surface area contributed by atoms with E-state index in [9.17, 15) is 9.90 Å². The molecule has 3 aromatic rings. The predicted octanol–water partition coefficient (Wildman–Crippen LogP) is 5.85. The van der Waals surface area contributed by atoms with Crippen molar-refractivity contribution >= 4 is 40.7 Å². The van der Waals surface area contributed by atoms with Crippen LogP contribution >= 0.6 is 23.4 Å². The van der Waals surface area contributed by atoms with E-state index < -0.39 is 10.9 Å². The SMILES string of the molecule is CC1=C(C)C2C(c3ccc(Cl)cc3)=N[C@@H](CC(=O)Nc3ccc(O)cc3)c3nnc(C)n3C2(C)S1. The Kier molecular flexibility index (Phi) is 5.97. The highest BCUT2D eigenvalue weighted by molar-refractivity contribution is 8.04. The van der Waals surface area contributed by atoms with Crippen molar-refractivity contribution in [3.8, 4) is 5.75 Å². The van der Waals surface area contributed by atoms with Crippen molar-refractivity contribution in [1.29, 1.82) is 0 Å². The van der Waals surface area contributed by atoms with Crippen LogP contribution < -0.4 is 5.32 Å². The fourth-order valence-electron chi connectivity index (χ4n) is 5.06. The largest absolute Gasteiger partial charge is 0.508 e. The molecule has 9 heteroatoms. The first kappa shape index (κ1) is 23.6. The van der Waals surface area contributed by atoms with E-state index in [1.54, 1.807) is 23.9 Å². The van der Waals surface area contributed by atoms with Gasteiger partial charge in [0.05, 0.1) is 18.1 Å². The Hall–Kier alpha value is -3.10. The number of hydrogen-bond donors (Lipinski definition) is 2. The molecule has 0 fully saturated rings. The van der Waals surface area contributed by atoms with Crippen LogP contribution in [0.2, 0.25) is 5.02 Å². The molecule has 2 aromatic carbocycles. The molecule has 0 spiro atoms. The molecule has 2 aliphatic rings. The van der Waals surface area contributed by atoms with Gasteiger partial charge < -0.3 is 10.4 Å². The summed E-state index contributed by atoms with van der Waals surface area (Å²) in [4.78, 5) is 19.1. The van der Waals surface area contributed by atoms with Crippen molar-refractivity contribution < 1.29 is 9.90 Å². The molecule has 2 N–H and O–H groups in total. The molecule has 180 valence electrons. The summed E-state index contributed by atoms with van der Waals surface area (Å²) in [6.07, 6.45) is 0.102. The maximum absolute atomic E-state index is 13.1. The van der Waals surface area contributed by atoms with Gasteiger partial charge >= 0.3 is 0 Å². The van der Waals surface area contributed by atoms with Gasteiger partial charge in [-0.05, 0) is 74.6 Å². The second-order valence-corrected chi connectivity index (χ2v) is 11.2. The molecule has 5 rings (SSSR count). The van der Waals surface area contributed by atoms with Crippen molar-refractivity contribution in [3.63, 3.8) is 0 Å². The number of aromatic nitrogens is 3. The zero-order valence-electron chi connectivity index (χ0n) is 19.9. The van der Waals surface area contributed by atoms with Gasteiger partial charge in [-0.2, -0.15) is 0 Å². The molecule has 1 amide bonds. The van der Waals surface area contributed by atoms with Crippen LogP contribution in [-0.2, 0) is 9.67 Å². The molecule has 3 heterocycles. The van der Waals surface area contributed by atoms with Crippen LogP contribution in [0.5, 0.6) is 5.75 Å². The molecule has 0 saturated carbocycles. The first-order valence-corrected chi connectivity index (χ1v) is 12.6. The summed E-state index contributed by atoms with van der Waals surface area (Å²) < 4.78 is 2.16. The quantitative estimate of drug-likeness (QED) is 0.432. The number of allylic oxidation sites excluding steroid dienone is 2. The Balaban J connectivity index is 1.61. The number of rotatable bonds is 4. The zero-order valence-corrected chi connectivity index (χ0v) is 21.5. The Labute approximate surface area is 213 Å². The summed E-state index contributed by atoms with van der Waals surface area (Å²) in [7, 11) is 0. The molecule has 3 atom stereocenters. The third-order valence-corrected chi connectivity index (χ3v) is 8.43. The monoisotopic (exact) mass is 507 g/mol. The molecule has 1 aromatic heterocycles. The maximum atomic E-state index is 13.1. The fraction of sp³-hybridized carbons (Fsp3) is 0.308. The number of amides is 1. The van der Waals surface area contributed by atoms with Crippen LogP contribution in [0.25, 0.3) is 0 Å². The first-order chi connectivity index (χ1) is 16.7. The number of thioether (sulfide) groups is 1. The number of carbonyl (C=O) groups is 1. The van der Waals surface area contributed by atoms with Gasteiger partial charge in [-0.3, -0.25) is 14.4 Å². The Morgan fingerprint density at radius 1 is 1.11 bits per heavy atom. The Bertz CT molecular complexity index is 1360. The standard InChI is InChI=1S/C26H26ClN5O2S/c1-14-15(2)35-26(4)23(14)24(17-5-7-18(27)8-6-17)29-21(25-31-30-16(3)32(25)26)13-22(34)28-19-9-11-20(33)12-10-19/h5-12,21,23,33H,13H2,1-4H3,(H,28,34)/t21-,23?,26?/m0/s1. The lowest BCUT2D eigenvalue weighted by Gasteiger charge is -2.34. The minimum atomic E-state index is -0.518. The maximum Gasteiger partial charge on any atom is 0.227 e. The third kappa shape index (κ3) is 4.15. The van der Waals surface area contributed by atoms with Crippen molar-refractivity contribution in [2.24, 2.45) is 10.9 Å². The van der Waals surface area contributed by atoms with Crippen LogP contribution in [-0.4, -0.2) is 31.5 Å². The van der Waals surface area contributed by atoms with Gasteiger partial charge in [-0.25, -0.2) is 0 Å². The summed E-state index contributed by atoms with van der Waals surface area (Å²) in [5.74, 6) is 1.39. The van der Waals surface area contributed by atoms with Gasteiger partial charge in [0.2, 0.25) is 5.91 Å². The molecule has 0 bridgehead atoms. The molecular weight excluding hydrogens is 482 g/mol. The second-order valence-electron chi connectivity index (χ2n) is 9.11. The van der Waals surface area contributed by atoms with Gasteiger partial charge in [0.1, 0.15) is 22.5 Å². The highest BCUT2D eigenvalue weighted by atomic mass is 35.5. The molecule has 0 saturated heterocycles. The minimum Gasteiger partial charge on any atom is -0.508 e. The number of aromatic hydroxyl groups is 1. The second kappa shape index (κ2) is 8.84. The number of nitrogens with one attached hydrogen (secondary N) is 1. The van der Waals surface area contributed by atoms with E-state index in [0.717, 1.165) is 17.1 Å². The highest BCUT2D eigenvalue weighted by Crippen LogP contribution is 2.56. The zero-order chi connectivity index (χ0) is 24.9. The Morgan fingerprint density at radius 2 is 1.80 bits per heavy atom. The molecule has 35 heavy (non-hydrogen) atoms. The van der Waals surface area contributed by atoms with Gasteiger partial charge in [0, 0.05) is 10.7 Å². The predicted molar refractivity (Wildman–Crippen MR) is 140 cm³/mol. The summed E-state index contributed by atoms with van der Waals surface area (Å²) >= 11 is 7.98. The van der Waals surface area contributed by atoms with E-state index in [2.05, 4.69) is 40.9 Å². The third-order valence-electron chi connectivity index (χ3n) is 6.71. The number of aliphatic imine (C=N–C) groups is 1. The van der Waals surface area contributed by atoms with E-state index in [4.69, 9.17) is 16.6 Å². The lowest BCUT2D eigenvalue weighted by Crippen LogP contribution is -2.38. The highest BCUT2D eigenvalue weighted by Gasteiger charge is 2.51. The van der Waals surface area contributed by atoms with Crippen LogP contribution in [0.3, 0.4) is 0 Å². The minimum absolute atomic E-state index is 0.0210. The van der Waals surface area contributed by atoms with E-state index in [1.807, 2.05) is 31.2 Å². The number of phenolic OH excluding ortho intramolecular Hbond substituents is 1. The summed E-state index contributed by atoms with van der Waals surface area (Å²) in [6.45, 7) is 8.44. The average Bonchev–Trinajstić information content (AvgIpc) is 3.28. The summed E-state index contributed by atoms with van der Waals surface area (Å²) in [5, 5.41) is 22.0. The lowest BCUT2D eigenvalue weighted by atomic mass is 9.84. The van der Waals surface area contributed by atoms with Gasteiger partial charge in [-0.15, -0.1) is 22.0 Å². The Morgan fingerprint density at radius 3 is 2.49 bits per heavy atom. The molecule has 0 radical (unpaired) electrons. The molecule has 2 aliphatic heterocycles. The van der Waals surface area contributed by atoms with Gasteiger partial charge in [0.25, 0.3) is 0 Å².